The highest BCUT2D eigenvalue weighted by Gasteiger charge is 2.47. The summed E-state index contributed by atoms with van der Waals surface area (Å²) in [5, 5.41) is 0. The first-order valence-electron chi connectivity index (χ1n) is 5.74. The summed E-state index contributed by atoms with van der Waals surface area (Å²) < 4.78 is 19.7. The Labute approximate surface area is 109 Å². The average molecular weight is 302 g/mol. The number of benzene rings is 1. The number of hydrogen-bond donors (Lipinski definition) is 1. The van der Waals surface area contributed by atoms with Crippen molar-refractivity contribution in [3.05, 3.63) is 33.5 Å². The molecule has 4 heteroatoms. The van der Waals surface area contributed by atoms with Crippen LogP contribution in [0.5, 0.6) is 0 Å². The van der Waals surface area contributed by atoms with Crippen LogP contribution in [0.25, 0.3) is 0 Å². The SMILES string of the molecule is COCc1c(F)cc(C2(C(C)N)CC2)cc1Br. The van der Waals surface area contributed by atoms with Crippen molar-refractivity contribution in [3.8, 4) is 0 Å². The zero-order chi connectivity index (χ0) is 12.6. The highest BCUT2D eigenvalue weighted by Crippen LogP contribution is 2.51. The van der Waals surface area contributed by atoms with Crippen molar-refractivity contribution in [2.45, 2.75) is 37.8 Å². The monoisotopic (exact) mass is 301 g/mol. The molecule has 1 atom stereocenters. The molecule has 0 aliphatic heterocycles. The Bertz CT molecular complexity index is 406. The Morgan fingerprint density at radius 1 is 1.53 bits per heavy atom. The van der Waals surface area contributed by atoms with Crippen LogP contribution in [0.3, 0.4) is 0 Å². The minimum absolute atomic E-state index is 0.0189. The maximum atomic E-state index is 14.0. The summed E-state index contributed by atoms with van der Waals surface area (Å²) in [7, 11) is 1.56. The van der Waals surface area contributed by atoms with E-state index in [2.05, 4.69) is 15.9 Å². The lowest BCUT2D eigenvalue weighted by molar-refractivity contribution is 0.181. The molecule has 0 aromatic heterocycles. The van der Waals surface area contributed by atoms with E-state index in [4.69, 9.17) is 10.5 Å². The molecule has 1 saturated carbocycles. The van der Waals surface area contributed by atoms with Gasteiger partial charge in [-0.2, -0.15) is 0 Å². The molecule has 0 amide bonds. The minimum atomic E-state index is -0.219. The third-order valence-electron chi connectivity index (χ3n) is 3.66. The van der Waals surface area contributed by atoms with E-state index in [1.54, 1.807) is 13.2 Å². The van der Waals surface area contributed by atoms with E-state index in [0.717, 1.165) is 22.9 Å². The molecule has 17 heavy (non-hydrogen) atoms. The molecule has 2 rings (SSSR count). The van der Waals surface area contributed by atoms with Gasteiger partial charge >= 0.3 is 0 Å². The highest BCUT2D eigenvalue weighted by atomic mass is 79.9. The van der Waals surface area contributed by atoms with Crippen LogP contribution in [0.15, 0.2) is 16.6 Å². The van der Waals surface area contributed by atoms with Crippen molar-refractivity contribution in [2.24, 2.45) is 5.73 Å². The summed E-state index contributed by atoms with van der Waals surface area (Å²) in [5.74, 6) is -0.219. The molecule has 1 aliphatic rings. The number of nitrogens with two attached hydrogens (primary N) is 1. The lowest BCUT2D eigenvalue weighted by Gasteiger charge is -2.21. The van der Waals surface area contributed by atoms with Gasteiger partial charge in [-0.1, -0.05) is 15.9 Å². The normalized spacial score (nSPS) is 19.1. The van der Waals surface area contributed by atoms with Crippen LogP contribution >= 0.6 is 15.9 Å². The second-order valence-corrected chi connectivity index (χ2v) is 5.65. The van der Waals surface area contributed by atoms with Gasteiger partial charge in [0, 0.05) is 28.6 Å². The third kappa shape index (κ3) is 2.26. The first-order valence-corrected chi connectivity index (χ1v) is 6.53. The molecule has 0 saturated heterocycles. The fourth-order valence-corrected chi connectivity index (χ4v) is 2.86. The summed E-state index contributed by atoms with van der Waals surface area (Å²) in [6.45, 7) is 2.26. The van der Waals surface area contributed by atoms with Gasteiger partial charge in [-0.25, -0.2) is 4.39 Å². The molecule has 0 bridgehead atoms. The van der Waals surface area contributed by atoms with E-state index >= 15 is 0 Å². The van der Waals surface area contributed by atoms with Crippen LogP contribution < -0.4 is 5.73 Å². The molecule has 1 fully saturated rings. The third-order valence-corrected chi connectivity index (χ3v) is 4.37. The molecular weight excluding hydrogens is 285 g/mol. The van der Waals surface area contributed by atoms with Crippen molar-refractivity contribution in [3.63, 3.8) is 0 Å². The first-order chi connectivity index (χ1) is 8.01. The molecule has 1 aliphatic carbocycles. The van der Waals surface area contributed by atoms with E-state index in [0.29, 0.717) is 5.56 Å². The Hall–Kier alpha value is -0.450. The van der Waals surface area contributed by atoms with E-state index < -0.39 is 0 Å². The maximum Gasteiger partial charge on any atom is 0.130 e. The molecule has 1 unspecified atom stereocenters. The number of hydrogen-bond acceptors (Lipinski definition) is 2. The van der Waals surface area contributed by atoms with Gasteiger partial charge in [-0.3, -0.25) is 0 Å². The Morgan fingerprint density at radius 2 is 2.18 bits per heavy atom. The van der Waals surface area contributed by atoms with Crippen molar-refractivity contribution in [1.29, 1.82) is 0 Å². The predicted octanol–water partition coefficient (Wildman–Crippen LogP) is 3.11. The van der Waals surface area contributed by atoms with Crippen molar-refractivity contribution in [1.82, 2.24) is 0 Å². The molecule has 1 aromatic rings. The van der Waals surface area contributed by atoms with Gasteiger partial charge in [0.25, 0.3) is 0 Å². The quantitative estimate of drug-likeness (QED) is 0.927. The molecule has 0 spiro atoms. The molecule has 94 valence electrons. The van der Waals surface area contributed by atoms with Gasteiger partial charge < -0.3 is 10.5 Å². The maximum absolute atomic E-state index is 14.0. The average Bonchev–Trinajstić information content (AvgIpc) is 3.04. The topological polar surface area (TPSA) is 35.2 Å². The van der Waals surface area contributed by atoms with Gasteiger partial charge in [-0.05, 0) is 37.5 Å². The van der Waals surface area contributed by atoms with Crippen LogP contribution in [0, 0.1) is 5.82 Å². The fraction of sp³-hybridized carbons (Fsp3) is 0.538. The van der Waals surface area contributed by atoms with Crippen LogP contribution in [0.1, 0.15) is 30.9 Å². The zero-order valence-electron chi connectivity index (χ0n) is 10.1. The zero-order valence-corrected chi connectivity index (χ0v) is 11.7. The smallest absolute Gasteiger partial charge is 0.130 e. The molecule has 2 N–H and O–H groups in total. The van der Waals surface area contributed by atoms with Crippen LogP contribution in [0.4, 0.5) is 4.39 Å². The van der Waals surface area contributed by atoms with Gasteiger partial charge in [-0.15, -0.1) is 0 Å². The summed E-state index contributed by atoms with van der Waals surface area (Å²) >= 11 is 3.41. The second kappa shape index (κ2) is 4.67. The second-order valence-electron chi connectivity index (χ2n) is 4.80. The summed E-state index contributed by atoms with van der Waals surface area (Å²) in [6, 6.07) is 3.64. The first kappa shape index (κ1) is 13.0. The van der Waals surface area contributed by atoms with Gasteiger partial charge in [0.1, 0.15) is 5.82 Å². The standard InChI is InChI=1S/C13H17BrFNO/c1-8(16)13(3-4-13)9-5-11(14)10(7-17-2)12(15)6-9/h5-6,8H,3-4,7,16H2,1-2H3. The number of ether oxygens (including phenoxy) is 1. The Balaban J connectivity index is 2.39. The molecule has 2 nitrogen and oxygen atoms in total. The number of methoxy groups -OCH3 is 1. The minimum Gasteiger partial charge on any atom is -0.380 e. The van der Waals surface area contributed by atoms with Gasteiger partial charge in [0.15, 0.2) is 0 Å². The summed E-state index contributed by atoms with van der Waals surface area (Å²) in [5.41, 5.74) is 7.54. The summed E-state index contributed by atoms with van der Waals surface area (Å²) in [6.07, 6.45) is 2.08. The van der Waals surface area contributed by atoms with E-state index in [1.165, 1.54) is 0 Å². The predicted molar refractivity (Wildman–Crippen MR) is 69.4 cm³/mol. The molecule has 1 aromatic carbocycles. The van der Waals surface area contributed by atoms with Gasteiger partial charge in [0.2, 0.25) is 0 Å². The van der Waals surface area contributed by atoms with E-state index in [-0.39, 0.29) is 23.9 Å². The fourth-order valence-electron chi connectivity index (χ4n) is 2.31. The Morgan fingerprint density at radius 3 is 2.59 bits per heavy atom. The van der Waals surface area contributed by atoms with E-state index in [9.17, 15) is 4.39 Å². The summed E-state index contributed by atoms with van der Waals surface area (Å²) in [4.78, 5) is 0. The molecular formula is C13H17BrFNO. The molecule has 0 heterocycles. The van der Waals surface area contributed by atoms with Crippen molar-refractivity contribution < 1.29 is 9.13 Å². The molecule has 0 radical (unpaired) electrons. The lowest BCUT2D eigenvalue weighted by atomic mass is 9.89. The lowest BCUT2D eigenvalue weighted by Crippen LogP contribution is -2.31. The van der Waals surface area contributed by atoms with Crippen LogP contribution in [-0.2, 0) is 16.8 Å². The van der Waals surface area contributed by atoms with Gasteiger partial charge in [0.05, 0.1) is 6.61 Å². The van der Waals surface area contributed by atoms with Crippen LogP contribution in [-0.4, -0.2) is 13.2 Å². The van der Waals surface area contributed by atoms with E-state index in [1.807, 2.05) is 13.0 Å². The number of halogens is 2. The van der Waals surface area contributed by atoms with Crippen molar-refractivity contribution >= 4 is 15.9 Å². The largest absolute Gasteiger partial charge is 0.380 e. The number of rotatable bonds is 4. The highest BCUT2D eigenvalue weighted by molar-refractivity contribution is 9.10. The van der Waals surface area contributed by atoms with Crippen LogP contribution in [0.2, 0.25) is 0 Å². The van der Waals surface area contributed by atoms with Crippen molar-refractivity contribution in [2.75, 3.05) is 7.11 Å². The Kier molecular flexibility index (Phi) is 3.57.